The second-order valence-corrected chi connectivity index (χ2v) is 6.40. The average Bonchev–Trinajstić information content (AvgIpc) is 2.72. The lowest BCUT2D eigenvalue weighted by atomic mass is 10.2. The summed E-state index contributed by atoms with van der Waals surface area (Å²) >= 11 is 0. The van der Waals surface area contributed by atoms with E-state index in [-0.39, 0.29) is 13.0 Å². The maximum Gasteiger partial charge on any atom is 0.335 e. The first-order valence-electron chi connectivity index (χ1n) is 6.14. The molecule has 118 valence electrons. The minimum absolute atomic E-state index is 0.110. The molecule has 2 heterocycles. The van der Waals surface area contributed by atoms with E-state index in [9.17, 15) is 19.3 Å². The molecular weight excluding hydrogens is 303 g/mol. The SMILES string of the molecule is Cc1cn([C@@H]2C[C@@H](O)[C@H](COP(N)(N)=O)O2)c(=O)[nH]c1=O. The van der Waals surface area contributed by atoms with Crippen LogP contribution in [0.15, 0.2) is 15.8 Å². The minimum Gasteiger partial charge on any atom is -0.390 e. The van der Waals surface area contributed by atoms with Gasteiger partial charge < -0.3 is 14.4 Å². The highest BCUT2D eigenvalue weighted by Crippen LogP contribution is 2.32. The third-order valence-corrected chi connectivity index (χ3v) is 3.65. The molecule has 2 rings (SSSR count). The number of aliphatic hydroxyl groups excluding tert-OH is 1. The second kappa shape index (κ2) is 5.84. The number of nitrogens with zero attached hydrogens (tertiary/aromatic N) is 1. The summed E-state index contributed by atoms with van der Waals surface area (Å²) < 4.78 is 22.4. The van der Waals surface area contributed by atoms with E-state index in [1.54, 1.807) is 6.92 Å². The zero-order chi connectivity index (χ0) is 15.8. The van der Waals surface area contributed by atoms with Crippen LogP contribution in [0.2, 0.25) is 0 Å². The lowest BCUT2D eigenvalue weighted by Crippen LogP contribution is -2.33. The van der Waals surface area contributed by atoms with Gasteiger partial charge in [0.1, 0.15) is 12.3 Å². The highest BCUT2D eigenvalue weighted by Gasteiger charge is 2.36. The van der Waals surface area contributed by atoms with Crippen LogP contribution >= 0.6 is 7.67 Å². The predicted molar refractivity (Wildman–Crippen MR) is 72.5 cm³/mol. The number of aliphatic hydroxyl groups is 1. The molecule has 10 nitrogen and oxygen atoms in total. The van der Waals surface area contributed by atoms with Gasteiger partial charge in [-0.2, -0.15) is 0 Å². The Hall–Kier alpha value is -1.29. The fourth-order valence-corrected chi connectivity index (χ4v) is 2.41. The van der Waals surface area contributed by atoms with Crippen molar-refractivity contribution >= 4 is 7.67 Å². The number of aromatic nitrogens is 2. The molecule has 0 saturated carbocycles. The topological polar surface area (TPSA) is 163 Å². The van der Waals surface area contributed by atoms with Gasteiger partial charge in [-0.3, -0.25) is 18.9 Å². The number of aryl methyl sites for hydroxylation is 1. The van der Waals surface area contributed by atoms with Crippen molar-refractivity contribution < 1.29 is 18.9 Å². The van der Waals surface area contributed by atoms with Gasteiger partial charge in [0.2, 0.25) is 0 Å². The summed E-state index contributed by atoms with van der Waals surface area (Å²) in [5.74, 6) is 0. The van der Waals surface area contributed by atoms with Crippen molar-refractivity contribution in [1.29, 1.82) is 0 Å². The van der Waals surface area contributed by atoms with Crippen LogP contribution < -0.4 is 22.3 Å². The van der Waals surface area contributed by atoms with Crippen LogP contribution in [0.5, 0.6) is 0 Å². The van der Waals surface area contributed by atoms with Crippen molar-refractivity contribution in [2.45, 2.75) is 31.8 Å². The van der Waals surface area contributed by atoms with Gasteiger partial charge in [0.25, 0.3) is 5.56 Å². The largest absolute Gasteiger partial charge is 0.390 e. The van der Waals surface area contributed by atoms with Gasteiger partial charge in [-0.1, -0.05) is 0 Å². The molecule has 1 aliphatic heterocycles. The van der Waals surface area contributed by atoms with Crippen molar-refractivity contribution in [3.8, 4) is 0 Å². The monoisotopic (exact) mass is 320 g/mol. The van der Waals surface area contributed by atoms with E-state index >= 15 is 0 Å². The van der Waals surface area contributed by atoms with Crippen LogP contribution in [0, 0.1) is 6.92 Å². The first kappa shape index (κ1) is 16.1. The smallest absolute Gasteiger partial charge is 0.335 e. The summed E-state index contributed by atoms with van der Waals surface area (Å²) in [6.45, 7) is 1.28. The molecule has 11 heteroatoms. The van der Waals surface area contributed by atoms with E-state index in [0.717, 1.165) is 0 Å². The Morgan fingerprint density at radius 3 is 2.86 bits per heavy atom. The summed E-state index contributed by atoms with van der Waals surface area (Å²) in [4.78, 5) is 25.2. The lowest BCUT2D eigenvalue weighted by Gasteiger charge is -2.17. The van der Waals surface area contributed by atoms with Crippen LogP contribution in [0.3, 0.4) is 0 Å². The van der Waals surface area contributed by atoms with Gasteiger partial charge >= 0.3 is 13.4 Å². The highest BCUT2D eigenvalue weighted by atomic mass is 31.2. The van der Waals surface area contributed by atoms with Gasteiger partial charge in [-0.05, 0) is 6.92 Å². The molecule has 1 aromatic rings. The van der Waals surface area contributed by atoms with Crippen molar-refractivity contribution in [2.75, 3.05) is 6.61 Å². The molecule has 0 radical (unpaired) electrons. The first-order valence-corrected chi connectivity index (χ1v) is 7.91. The van der Waals surface area contributed by atoms with Gasteiger partial charge in [0.15, 0.2) is 0 Å². The molecule has 1 aromatic heterocycles. The quantitative estimate of drug-likeness (QED) is 0.489. The minimum atomic E-state index is -3.67. The van der Waals surface area contributed by atoms with Crippen molar-refractivity contribution in [2.24, 2.45) is 11.0 Å². The molecule has 0 amide bonds. The Morgan fingerprint density at radius 1 is 1.57 bits per heavy atom. The number of aromatic amines is 1. The van der Waals surface area contributed by atoms with E-state index < -0.39 is 37.4 Å². The Kier molecular flexibility index (Phi) is 4.47. The van der Waals surface area contributed by atoms with E-state index in [4.69, 9.17) is 20.3 Å². The van der Waals surface area contributed by atoms with Crippen molar-refractivity contribution in [1.82, 2.24) is 9.55 Å². The zero-order valence-corrected chi connectivity index (χ0v) is 12.2. The number of H-pyrrole nitrogens is 1. The van der Waals surface area contributed by atoms with E-state index in [1.807, 2.05) is 0 Å². The van der Waals surface area contributed by atoms with Crippen LogP contribution in [-0.4, -0.2) is 33.5 Å². The summed E-state index contributed by atoms with van der Waals surface area (Å²) in [5, 5.41) is 9.87. The molecule has 0 spiro atoms. The van der Waals surface area contributed by atoms with Crippen molar-refractivity contribution in [3.05, 3.63) is 32.6 Å². The number of nitrogens with two attached hydrogens (primary N) is 2. The van der Waals surface area contributed by atoms with Gasteiger partial charge in [-0.15, -0.1) is 0 Å². The molecular formula is C10H17N4O6P. The molecule has 1 fully saturated rings. The molecule has 6 N–H and O–H groups in total. The van der Waals surface area contributed by atoms with Crippen molar-refractivity contribution in [3.63, 3.8) is 0 Å². The Morgan fingerprint density at radius 2 is 2.24 bits per heavy atom. The molecule has 0 unspecified atom stereocenters. The first-order chi connectivity index (χ1) is 9.67. The summed E-state index contributed by atoms with van der Waals surface area (Å²) in [6, 6.07) is 0. The molecule has 0 aromatic carbocycles. The van der Waals surface area contributed by atoms with Gasteiger partial charge in [0, 0.05) is 18.2 Å². The predicted octanol–water partition coefficient (Wildman–Crippen LogP) is -1.46. The fourth-order valence-electron chi connectivity index (χ4n) is 2.03. The van der Waals surface area contributed by atoms with Crippen LogP contribution in [0.1, 0.15) is 18.2 Å². The molecule has 0 aliphatic carbocycles. The maximum absolute atomic E-state index is 11.7. The molecule has 21 heavy (non-hydrogen) atoms. The van der Waals surface area contributed by atoms with E-state index in [0.29, 0.717) is 5.56 Å². The second-order valence-electron chi connectivity index (χ2n) is 4.85. The number of nitrogens with one attached hydrogen (secondary N) is 1. The molecule has 0 bridgehead atoms. The third-order valence-electron chi connectivity index (χ3n) is 3.10. The van der Waals surface area contributed by atoms with E-state index in [2.05, 4.69) is 4.98 Å². The summed E-state index contributed by atoms with van der Waals surface area (Å²) in [7, 11) is -3.67. The third kappa shape index (κ3) is 3.88. The molecule has 1 saturated heterocycles. The summed E-state index contributed by atoms with van der Waals surface area (Å²) in [5.41, 5.74) is 9.29. The standard InChI is InChI=1S/C10H17N4O6P/c1-5-3-14(10(17)13-9(5)16)8-2-6(15)7(20-8)4-19-21(11,12)18/h3,6-8,15H,2,4H2,1H3,(H4,11,12,18)(H,13,16,17)/t6-,7+,8+/m1/s1. The number of hydrogen-bond acceptors (Lipinski definition) is 6. The molecule has 1 aliphatic rings. The Balaban J connectivity index is 2.14. The Labute approximate surface area is 119 Å². The van der Waals surface area contributed by atoms with E-state index in [1.165, 1.54) is 10.8 Å². The average molecular weight is 320 g/mol. The van der Waals surface area contributed by atoms with Crippen LogP contribution in [-0.2, 0) is 13.8 Å². The fraction of sp³-hybridized carbons (Fsp3) is 0.600. The molecule has 3 atom stereocenters. The lowest BCUT2D eigenvalue weighted by molar-refractivity contribution is -0.0406. The van der Waals surface area contributed by atoms with Gasteiger partial charge in [-0.25, -0.2) is 15.8 Å². The zero-order valence-electron chi connectivity index (χ0n) is 11.3. The van der Waals surface area contributed by atoms with Gasteiger partial charge in [0.05, 0.1) is 12.7 Å². The number of hydrogen-bond donors (Lipinski definition) is 4. The van der Waals surface area contributed by atoms with Crippen LogP contribution in [0.25, 0.3) is 0 Å². The number of rotatable bonds is 4. The summed E-state index contributed by atoms with van der Waals surface area (Å²) in [6.07, 6.45) is -1.08. The highest BCUT2D eigenvalue weighted by molar-refractivity contribution is 7.53. The Bertz CT molecular complexity index is 679. The maximum atomic E-state index is 11.7. The number of ether oxygens (including phenoxy) is 1. The normalized spacial score (nSPS) is 26.2. The van der Waals surface area contributed by atoms with Crippen LogP contribution in [0.4, 0.5) is 0 Å².